The van der Waals surface area contributed by atoms with Gasteiger partial charge in [-0.25, -0.2) is 9.18 Å². The molecular formula is C19H27FN2O3. The molecule has 1 aromatic carbocycles. The van der Waals surface area contributed by atoms with Gasteiger partial charge in [0.2, 0.25) is 5.91 Å². The van der Waals surface area contributed by atoms with Crippen molar-refractivity contribution in [1.82, 2.24) is 10.2 Å². The van der Waals surface area contributed by atoms with Crippen molar-refractivity contribution in [2.75, 3.05) is 19.6 Å². The average Bonchev–Trinajstić information content (AvgIpc) is 2.55. The van der Waals surface area contributed by atoms with E-state index in [1.165, 1.54) is 6.07 Å². The van der Waals surface area contributed by atoms with Gasteiger partial charge in [0.1, 0.15) is 11.4 Å². The zero-order valence-electron chi connectivity index (χ0n) is 15.2. The summed E-state index contributed by atoms with van der Waals surface area (Å²) in [5.41, 5.74) is 0.0355. The number of hydrogen-bond donors (Lipinski definition) is 1. The number of nitrogens with zero attached hydrogens (tertiary/aromatic N) is 1. The molecule has 0 spiro atoms. The Morgan fingerprint density at radius 3 is 2.72 bits per heavy atom. The summed E-state index contributed by atoms with van der Waals surface area (Å²) >= 11 is 0. The maximum atomic E-state index is 13.6. The van der Waals surface area contributed by atoms with Gasteiger partial charge in [-0.15, -0.1) is 0 Å². The van der Waals surface area contributed by atoms with Gasteiger partial charge in [-0.3, -0.25) is 4.79 Å². The molecule has 6 heteroatoms. The number of piperidine rings is 1. The normalized spacial score (nSPS) is 17.9. The van der Waals surface area contributed by atoms with Crippen molar-refractivity contribution < 1.29 is 18.7 Å². The van der Waals surface area contributed by atoms with Crippen LogP contribution in [-0.2, 0) is 16.0 Å². The van der Waals surface area contributed by atoms with Crippen molar-refractivity contribution in [3.63, 3.8) is 0 Å². The Balaban J connectivity index is 1.81. The van der Waals surface area contributed by atoms with E-state index >= 15 is 0 Å². The monoisotopic (exact) mass is 350 g/mol. The predicted octanol–water partition coefficient (Wildman–Crippen LogP) is 3.13. The van der Waals surface area contributed by atoms with Crippen molar-refractivity contribution in [3.05, 3.63) is 35.6 Å². The molecule has 5 nitrogen and oxygen atoms in total. The lowest BCUT2D eigenvalue weighted by molar-refractivity contribution is -0.126. The van der Waals surface area contributed by atoms with Crippen LogP contribution in [0, 0.1) is 11.7 Å². The number of benzene rings is 1. The Bertz CT molecular complexity index is 613. The topological polar surface area (TPSA) is 58.6 Å². The first-order valence-electron chi connectivity index (χ1n) is 8.75. The second-order valence-electron chi connectivity index (χ2n) is 7.40. The molecule has 138 valence electrons. The molecule has 0 aliphatic carbocycles. The van der Waals surface area contributed by atoms with E-state index in [4.69, 9.17) is 4.74 Å². The molecule has 1 saturated heterocycles. The minimum Gasteiger partial charge on any atom is -0.444 e. The van der Waals surface area contributed by atoms with Crippen LogP contribution in [0.4, 0.5) is 9.18 Å². The molecule has 0 bridgehead atoms. The molecule has 1 N–H and O–H groups in total. The molecule has 1 fully saturated rings. The molecule has 1 unspecified atom stereocenters. The van der Waals surface area contributed by atoms with Crippen LogP contribution in [0.25, 0.3) is 0 Å². The first-order valence-corrected chi connectivity index (χ1v) is 8.75. The summed E-state index contributed by atoms with van der Waals surface area (Å²) in [6.07, 6.45) is 1.58. The Morgan fingerprint density at radius 2 is 2.04 bits per heavy atom. The molecule has 1 atom stereocenters. The fourth-order valence-corrected chi connectivity index (χ4v) is 2.85. The molecule has 1 aromatic rings. The van der Waals surface area contributed by atoms with Crippen LogP contribution < -0.4 is 5.32 Å². The number of amides is 2. The van der Waals surface area contributed by atoms with Crippen molar-refractivity contribution in [2.45, 2.75) is 45.6 Å². The maximum absolute atomic E-state index is 13.6. The molecule has 1 aliphatic rings. The lowest BCUT2D eigenvalue weighted by Crippen LogP contribution is -2.47. The predicted molar refractivity (Wildman–Crippen MR) is 93.6 cm³/mol. The van der Waals surface area contributed by atoms with E-state index < -0.39 is 5.60 Å². The van der Waals surface area contributed by atoms with Gasteiger partial charge in [-0.1, -0.05) is 18.2 Å². The highest BCUT2D eigenvalue weighted by Gasteiger charge is 2.30. The van der Waals surface area contributed by atoms with Crippen LogP contribution in [0.15, 0.2) is 24.3 Å². The van der Waals surface area contributed by atoms with E-state index in [0.717, 1.165) is 12.8 Å². The highest BCUT2D eigenvalue weighted by molar-refractivity contribution is 5.80. The molecule has 0 aromatic heterocycles. The third kappa shape index (κ3) is 6.03. The largest absolute Gasteiger partial charge is 0.444 e. The van der Waals surface area contributed by atoms with Crippen molar-refractivity contribution >= 4 is 12.0 Å². The Morgan fingerprint density at radius 1 is 1.32 bits per heavy atom. The summed E-state index contributed by atoms with van der Waals surface area (Å²) in [5.74, 6) is -0.600. The van der Waals surface area contributed by atoms with Crippen molar-refractivity contribution in [1.29, 1.82) is 0 Å². The first kappa shape index (κ1) is 19.2. The van der Waals surface area contributed by atoms with Crippen LogP contribution in [0.1, 0.15) is 39.2 Å². The molecule has 1 aliphatic heterocycles. The Hall–Kier alpha value is -2.11. The number of nitrogens with one attached hydrogen (secondary N) is 1. The third-order valence-corrected chi connectivity index (χ3v) is 4.10. The van der Waals surface area contributed by atoms with Gasteiger partial charge < -0.3 is 15.0 Å². The number of likely N-dealkylation sites (tertiary alicyclic amines) is 1. The molecule has 0 radical (unpaired) electrons. The summed E-state index contributed by atoms with van der Waals surface area (Å²) in [6, 6.07) is 6.55. The molecule has 2 amide bonds. The summed E-state index contributed by atoms with van der Waals surface area (Å²) < 4.78 is 18.9. The molecule has 25 heavy (non-hydrogen) atoms. The summed E-state index contributed by atoms with van der Waals surface area (Å²) in [4.78, 5) is 26.1. The summed E-state index contributed by atoms with van der Waals surface area (Å²) in [7, 11) is 0. The van der Waals surface area contributed by atoms with Gasteiger partial charge in [0.25, 0.3) is 0 Å². The number of rotatable bonds is 4. The van der Waals surface area contributed by atoms with Crippen LogP contribution in [-0.4, -0.2) is 42.1 Å². The van der Waals surface area contributed by atoms with Crippen molar-refractivity contribution in [3.8, 4) is 0 Å². The average molecular weight is 350 g/mol. The Kier molecular flexibility index (Phi) is 6.39. The van der Waals surface area contributed by atoms with E-state index in [9.17, 15) is 14.0 Å². The number of carbonyl (C=O) groups is 2. The van der Waals surface area contributed by atoms with Crippen LogP contribution in [0.5, 0.6) is 0 Å². The zero-order chi connectivity index (χ0) is 18.4. The summed E-state index contributed by atoms with van der Waals surface area (Å²) in [5, 5.41) is 2.85. The quantitative estimate of drug-likeness (QED) is 0.908. The number of ether oxygens (including phenoxy) is 1. The number of halogens is 1. The lowest BCUT2D eigenvalue weighted by Gasteiger charge is -2.33. The number of carbonyl (C=O) groups excluding carboxylic acids is 2. The second kappa shape index (κ2) is 8.32. The van der Waals surface area contributed by atoms with E-state index in [1.54, 1.807) is 23.1 Å². The van der Waals surface area contributed by atoms with E-state index in [0.29, 0.717) is 31.6 Å². The van der Waals surface area contributed by atoms with Gasteiger partial charge in [-0.05, 0) is 51.7 Å². The minimum atomic E-state index is -0.550. The smallest absolute Gasteiger partial charge is 0.410 e. The molecule has 0 saturated carbocycles. The molecular weight excluding hydrogens is 323 g/mol. The van der Waals surface area contributed by atoms with Crippen LogP contribution in [0.3, 0.4) is 0 Å². The van der Waals surface area contributed by atoms with E-state index in [-0.39, 0.29) is 23.7 Å². The van der Waals surface area contributed by atoms with Gasteiger partial charge in [0.15, 0.2) is 0 Å². The fraction of sp³-hybridized carbons (Fsp3) is 0.579. The van der Waals surface area contributed by atoms with Crippen molar-refractivity contribution in [2.24, 2.45) is 5.92 Å². The summed E-state index contributed by atoms with van der Waals surface area (Å²) in [6.45, 7) is 6.81. The standard InChI is InChI=1S/C19H27FN2O3/c1-19(2,3)25-18(24)22-12-6-8-15(13-22)17(23)21-11-10-14-7-4-5-9-16(14)20/h4-5,7,9,15H,6,8,10-13H2,1-3H3,(H,21,23). The fourth-order valence-electron chi connectivity index (χ4n) is 2.85. The second-order valence-corrected chi connectivity index (χ2v) is 7.40. The van der Waals surface area contributed by atoms with Gasteiger partial charge >= 0.3 is 6.09 Å². The lowest BCUT2D eigenvalue weighted by atomic mass is 9.97. The minimum absolute atomic E-state index is 0.0930. The SMILES string of the molecule is CC(C)(C)OC(=O)N1CCCC(C(=O)NCCc2ccccc2F)C1. The van der Waals surface area contributed by atoms with E-state index in [2.05, 4.69) is 5.32 Å². The van der Waals surface area contributed by atoms with Crippen LogP contribution >= 0.6 is 0 Å². The zero-order valence-corrected chi connectivity index (χ0v) is 15.2. The van der Waals surface area contributed by atoms with Crippen LogP contribution in [0.2, 0.25) is 0 Å². The number of hydrogen-bond acceptors (Lipinski definition) is 3. The van der Waals surface area contributed by atoms with Gasteiger partial charge in [0.05, 0.1) is 5.92 Å². The molecule has 2 rings (SSSR count). The highest BCUT2D eigenvalue weighted by Crippen LogP contribution is 2.19. The van der Waals surface area contributed by atoms with Gasteiger partial charge in [0, 0.05) is 19.6 Å². The van der Waals surface area contributed by atoms with E-state index in [1.807, 2.05) is 20.8 Å². The first-order chi connectivity index (χ1) is 11.8. The molecule has 1 heterocycles. The maximum Gasteiger partial charge on any atom is 0.410 e. The Labute approximate surface area is 148 Å². The van der Waals surface area contributed by atoms with Gasteiger partial charge in [-0.2, -0.15) is 0 Å². The highest BCUT2D eigenvalue weighted by atomic mass is 19.1. The third-order valence-electron chi connectivity index (χ3n) is 4.10.